The monoisotopic (exact) mass is 458 g/mol. The fourth-order valence-corrected chi connectivity index (χ4v) is 4.08. The molecule has 3 aromatic rings. The van der Waals surface area contributed by atoms with Crippen molar-refractivity contribution in [3.05, 3.63) is 98.3 Å². The molecule has 0 atom stereocenters. The Hall–Kier alpha value is -2.24. The van der Waals surface area contributed by atoms with E-state index in [-0.39, 0.29) is 5.91 Å². The Bertz CT molecular complexity index is 1110. The smallest absolute Gasteiger partial charge is 0.268 e. The highest BCUT2D eigenvalue weighted by molar-refractivity contribution is 8.19. The molecule has 0 saturated carbocycles. The summed E-state index contributed by atoms with van der Waals surface area (Å²) in [5.74, 6) is -0.153. The van der Waals surface area contributed by atoms with E-state index in [4.69, 9.17) is 34.8 Å². The highest BCUT2D eigenvalue weighted by Crippen LogP contribution is 2.37. The van der Waals surface area contributed by atoms with Gasteiger partial charge in [-0.3, -0.25) is 9.69 Å². The van der Waals surface area contributed by atoms with Crippen molar-refractivity contribution in [2.75, 3.05) is 4.90 Å². The maximum absolute atomic E-state index is 13.2. The Kier molecular flexibility index (Phi) is 5.97. The molecule has 0 bridgehead atoms. The molecule has 1 fully saturated rings. The van der Waals surface area contributed by atoms with Gasteiger partial charge >= 0.3 is 0 Å². The van der Waals surface area contributed by atoms with Gasteiger partial charge in [-0.2, -0.15) is 0 Å². The van der Waals surface area contributed by atoms with E-state index in [9.17, 15) is 4.79 Å². The summed E-state index contributed by atoms with van der Waals surface area (Å²) in [7, 11) is 0. The number of aliphatic imine (C=N–C) groups is 1. The molecule has 1 amide bonds. The zero-order valence-electron chi connectivity index (χ0n) is 14.9. The third kappa shape index (κ3) is 4.68. The van der Waals surface area contributed by atoms with Crippen molar-refractivity contribution in [3.8, 4) is 0 Å². The van der Waals surface area contributed by atoms with Gasteiger partial charge in [0.25, 0.3) is 5.91 Å². The van der Waals surface area contributed by atoms with E-state index in [0.717, 1.165) is 5.56 Å². The van der Waals surface area contributed by atoms with Crippen LogP contribution in [0.25, 0.3) is 6.08 Å². The Morgan fingerprint density at radius 2 is 1.28 bits per heavy atom. The van der Waals surface area contributed by atoms with Crippen molar-refractivity contribution >= 4 is 75.1 Å². The summed E-state index contributed by atoms with van der Waals surface area (Å²) in [6.07, 6.45) is 1.83. The lowest BCUT2D eigenvalue weighted by Crippen LogP contribution is -2.28. The van der Waals surface area contributed by atoms with Crippen LogP contribution < -0.4 is 4.90 Å². The van der Waals surface area contributed by atoms with Gasteiger partial charge < -0.3 is 0 Å². The van der Waals surface area contributed by atoms with Gasteiger partial charge in [0.2, 0.25) is 0 Å². The molecule has 1 saturated heterocycles. The van der Waals surface area contributed by atoms with Crippen LogP contribution in [-0.4, -0.2) is 11.1 Å². The first-order chi connectivity index (χ1) is 14.0. The fraction of sp³-hybridized carbons (Fsp3) is 0. The average molecular weight is 460 g/mol. The molecule has 144 valence electrons. The van der Waals surface area contributed by atoms with Gasteiger partial charge in [-0.15, -0.1) is 0 Å². The molecule has 7 heteroatoms. The normalized spacial score (nSPS) is 16.8. The molecule has 29 heavy (non-hydrogen) atoms. The number of nitrogens with zero attached hydrogens (tertiary/aromatic N) is 2. The topological polar surface area (TPSA) is 32.7 Å². The minimum atomic E-state index is -0.153. The second kappa shape index (κ2) is 8.64. The molecule has 3 nitrogen and oxygen atoms in total. The molecule has 0 unspecified atom stereocenters. The lowest BCUT2D eigenvalue weighted by Gasteiger charge is -2.15. The van der Waals surface area contributed by atoms with Crippen molar-refractivity contribution in [2.24, 2.45) is 4.99 Å². The number of anilines is 1. The first-order valence-electron chi connectivity index (χ1n) is 8.59. The highest BCUT2D eigenvalue weighted by Gasteiger charge is 2.34. The molecule has 1 aliphatic heterocycles. The van der Waals surface area contributed by atoms with E-state index in [1.807, 2.05) is 18.2 Å². The Morgan fingerprint density at radius 1 is 0.759 bits per heavy atom. The van der Waals surface area contributed by atoms with Gasteiger partial charge in [-0.1, -0.05) is 46.9 Å². The summed E-state index contributed by atoms with van der Waals surface area (Å²) >= 11 is 19.2. The van der Waals surface area contributed by atoms with Crippen molar-refractivity contribution < 1.29 is 4.79 Å². The van der Waals surface area contributed by atoms with Crippen molar-refractivity contribution in [3.63, 3.8) is 0 Å². The van der Waals surface area contributed by atoms with Crippen LogP contribution in [0.1, 0.15) is 5.56 Å². The van der Waals surface area contributed by atoms with Crippen LogP contribution in [0.4, 0.5) is 11.4 Å². The number of halogens is 3. The number of hydrogen-bond donors (Lipinski definition) is 0. The molecule has 4 rings (SSSR count). The molecular weight excluding hydrogens is 447 g/mol. The van der Waals surface area contributed by atoms with Gasteiger partial charge in [-0.25, -0.2) is 4.99 Å². The standard InChI is InChI=1S/C22H13Cl3N2OS/c23-15-3-1-14(2-4-15)13-20-21(28)27(19-11-7-17(25)8-12-19)22(29-20)26-18-9-5-16(24)6-10-18/h1-13H. The molecule has 3 aromatic carbocycles. The number of benzene rings is 3. The minimum Gasteiger partial charge on any atom is -0.268 e. The fourth-order valence-electron chi connectivity index (χ4n) is 2.70. The Morgan fingerprint density at radius 3 is 1.86 bits per heavy atom. The molecular formula is C22H13Cl3N2OS. The SMILES string of the molecule is O=C1C(=Cc2ccc(Cl)cc2)SC(=Nc2ccc(Cl)cc2)N1c1ccc(Cl)cc1. The van der Waals surface area contributed by atoms with Crippen LogP contribution in [-0.2, 0) is 4.79 Å². The second-order valence-corrected chi connectivity index (χ2v) is 8.47. The Balaban J connectivity index is 1.76. The van der Waals surface area contributed by atoms with Crippen LogP contribution in [0.3, 0.4) is 0 Å². The maximum atomic E-state index is 13.2. The van der Waals surface area contributed by atoms with Crippen LogP contribution in [0, 0.1) is 0 Å². The molecule has 0 aromatic heterocycles. The van der Waals surface area contributed by atoms with Crippen LogP contribution in [0.5, 0.6) is 0 Å². The number of amides is 1. The predicted octanol–water partition coefficient (Wildman–Crippen LogP) is 7.46. The number of carbonyl (C=O) groups is 1. The number of carbonyl (C=O) groups excluding carboxylic acids is 1. The molecule has 1 heterocycles. The van der Waals surface area contributed by atoms with Gasteiger partial charge in [0.1, 0.15) is 0 Å². The lowest BCUT2D eigenvalue weighted by atomic mass is 10.2. The van der Waals surface area contributed by atoms with Crippen molar-refractivity contribution in [1.29, 1.82) is 0 Å². The third-order valence-corrected chi connectivity index (χ3v) is 5.84. The number of rotatable bonds is 3. The van der Waals surface area contributed by atoms with E-state index in [0.29, 0.717) is 36.5 Å². The number of thioether (sulfide) groups is 1. The first-order valence-corrected chi connectivity index (χ1v) is 10.5. The summed E-state index contributed by atoms with van der Waals surface area (Å²) in [4.78, 5) is 20.0. The molecule has 1 aliphatic rings. The predicted molar refractivity (Wildman–Crippen MR) is 125 cm³/mol. The zero-order chi connectivity index (χ0) is 20.4. The van der Waals surface area contributed by atoms with Crippen LogP contribution >= 0.6 is 46.6 Å². The number of hydrogen-bond acceptors (Lipinski definition) is 3. The zero-order valence-corrected chi connectivity index (χ0v) is 17.9. The van der Waals surface area contributed by atoms with Crippen molar-refractivity contribution in [2.45, 2.75) is 0 Å². The maximum Gasteiger partial charge on any atom is 0.271 e. The highest BCUT2D eigenvalue weighted by atomic mass is 35.5. The first kappa shape index (κ1) is 20.0. The summed E-state index contributed by atoms with van der Waals surface area (Å²) < 4.78 is 0. The van der Waals surface area contributed by atoms with E-state index in [1.54, 1.807) is 65.6 Å². The van der Waals surface area contributed by atoms with E-state index < -0.39 is 0 Å². The second-order valence-electron chi connectivity index (χ2n) is 6.15. The third-order valence-electron chi connectivity index (χ3n) is 4.11. The average Bonchev–Trinajstić information content (AvgIpc) is 3.01. The van der Waals surface area contributed by atoms with Gasteiger partial charge in [0.15, 0.2) is 5.17 Å². The number of amidine groups is 1. The minimum absolute atomic E-state index is 0.153. The van der Waals surface area contributed by atoms with Crippen molar-refractivity contribution in [1.82, 2.24) is 0 Å². The summed E-state index contributed by atoms with van der Waals surface area (Å²) in [5.41, 5.74) is 2.28. The molecule has 0 N–H and O–H groups in total. The summed E-state index contributed by atoms with van der Waals surface area (Å²) in [6, 6.07) is 21.5. The quantitative estimate of drug-likeness (QED) is 0.381. The summed E-state index contributed by atoms with van der Waals surface area (Å²) in [5, 5.41) is 2.42. The van der Waals surface area contributed by atoms with Crippen LogP contribution in [0.2, 0.25) is 15.1 Å². The Labute approximate surface area is 187 Å². The van der Waals surface area contributed by atoms with Crippen LogP contribution in [0.15, 0.2) is 82.7 Å². The lowest BCUT2D eigenvalue weighted by molar-refractivity contribution is -0.113. The largest absolute Gasteiger partial charge is 0.271 e. The van der Waals surface area contributed by atoms with Gasteiger partial charge in [-0.05, 0) is 84.1 Å². The van der Waals surface area contributed by atoms with Gasteiger partial charge in [0, 0.05) is 15.1 Å². The molecule has 0 aliphatic carbocycles. The molecule has 0 radical (unpaired) electrons. The van der Waals surface area contributed by atoms with Gasteiger partial charge in [0.05, 0.1) is 16.3 Å². The van der Waals surface area contributed by atoms with E-state index in [2.05, 4.69) is 4.99 Å². The van der Waals surface area contributed by atoms with E-state index >= 15 is 0 Å². The molecule has 0 spiro atoms. The summed E-state index contributed by atoms with van der Waals surface area (Å²) in [6.45, 7) is 0. The van der Waals surface area contributed by atoms with E-state index in [1.165, 1.54) is 11.8 Å².